The number of amides is 1. The van der Waals surface area contributed by atoms with E-state index in [1.54, 1.807) is 0 Å². The Morgan fingerprint density at radius 3 is 2.68 bits per heavy atom. The van der Waals surface area contributed by atoms with Crippen LogP contribution in [0.5, 0.6) is 0 Å². The lowest BCUT2D eigenvalue weighted by atomic mass is 10.3. The Morgan fingerprint density at radius 1 is 1.41 bits per heavy atom. The minimum atomic E-state index is -0.424. The van der Waals surface area contributed by atoms with Crippen LogP contribution in [0.15, 0.2) is 11.8 Å². The van der Waals surface area contributed by atoms with Gasteiger partial charge in [-0.05, 0) is 0 Å². The van der Waals surface area contributed by atoms with Gasteiger partial charge in [0.2, 0.25) is 0 Å². The number of rotatable bonds is 9. The van der Waals surface area contributed by atoms with Gasteiger partial charge in [0.15, 0.2) is 6.29 Å². The Bertz CT molecular complexity index is 398. The van der Waals surface area contributed by atoms with Crippen LogP contribution in [0.3, 0.4) is 0 Å². The maximum atomic E-state index is 11.9. The number of piperazine rings is 1. The average molecular weight is 311 g/mol. The van der Waals surface area contributed by atoms with E-state index in [0.29, 0.717) is 13.1 Å². The number of hydrogen-bond acceptors (Lipinski definition) is 7. The topological polar surface area (TPSA) is 98.6 Å². The Kier molecular flexibility index (Phi) is 9.18. The van der Waals surface area contributed by atoms with E-state index in [1.807, 2.05) is 6.07 Å². The lowest BCUT2D eigenvalue weighted by molar-refractivity contribution is -0.117. The summed E-state index contributed by atoms with van der Waals surface area (Å²) in [6.45, 7) is 5.57. The minimum absolute atomic E-state index is 0.0336. The van der Waals surface area contributed by atoms with E-state index in [-0.39, 0.29) is 11.5 Å². The molecule has 0 aromatic carbocycles. The molecule has 0 spiro atoms. The molecule has 124 valence electrons. The van der Waals surface area contributed by atoms with Crippen molar-refractivity contribution in [3.05, 3.63) is 11.8 Å². The normalized spacial score (nSPS) is 16.4. The monoisotopic (exact) mass is 311 g/mol. The van der Waals surface area contributed by atoms with Crippen LogP contribution < -0.4 is 16.0 Å². The van der Waals surface area contributed by atoms with E-state index in [1.165, 1.54) is 20.4 Å². The van der Waals surface area contributed by atoms with E-state index in [4.69, 9.17) is 14.7 Å². The van der Waals surface area contributed by atoms with Gasteiger partial charge in [0.05, 0.1) is 6.54 Å². The third-order valence-corrected chi connectivity index (χ3v) is 3.34. The first-order valence-electron chi connectivity index (χ1n) is 7.31. The first kappa shape index (κ1) is 18.4. The van der Waals surface area contributed by atoms with Crippen LogP contribution in [-0.4, -0.2) is 77.1 Å². The molecule has 1 fully saturated rings. The molecule has 0 aromatic heterocycles. The summed E-state index contributed by atoms with van der Waals surface area (Å²) >= 11 is 0. The first-order chi connectivity index (χ1) is 10.7. The summed E-state index contributed by atoms with van der Waals surface area (Å²) < 4.78 is 10.00. The summed E-state index contributed by atoms with van der Waals surface area (Å²) in [5.41, 5.74) is 0.0336. The largest absolute Gasteiger partial charge is 0.385 e. The number of hydrogen-bond donors (Lipinski definition) is 3. The number of nitrogens with zero attached hydrogens (tertiary/aromatic N) is 2. The molecule has 0 radical (unpaired) electrons. The van der Waals surface area contributed by atoms with Gasteiger partial charge in [-0.15, -0.1) is 0 Å². The average Bonchev–Trinajstić information content (AvgIpc) is 2.56. The Balaban J connectivity index is 2.29. The van der Waals surface area contributed by atoms with Crippen LogP contribution in [0, 0.1) is 11.3 Å². The van der Waals surface area contributed by atoms with Gasteiger partial charge in [0.25, 0.3) is 5.91 Å². The van der Waals surface area contributed by atoms with Gasteiger partial charge in [0.1, 0.15) is 11.6 Å². The molecule has 1 heterocycles. The molecule has 1 aliphatic heterocycles. The molecule has 0 atom stereocenters. The van der Waals surface area contributed by atoms with Crippen molar-refractivity contribution >= 4 is 5.91 Å². The van der Waals surface area contributed by atoms with Crippen molar-refractivity contribution in [3.63, 3.8) is 0 Å². The minimum Gasteiger partial charge on any atom is -0.385 e. The van der Waals surface area contributed by atoms with Gasteiger partial charge in [-0.3, -0.25) is 9.69 Å². The molecule has 0 aromatic rings. The molecule has 0 unspecified atom stereocenters. The summed E-state index contributed by atoms with van der Waals surface area (Å²) in [5.74, 6) is -0.378. The highest BCUT2D eigenvalue weighted by Gasteiger charge is 2.12. The second-order valence-corrected chi connectivity index (χ2v) is 4.83. The molecule has 8 heteroatoms. The number of carbonyl (C=O) groups excluding carboxylic acids is 1. The molecule has 8 nitrogen and oxygen atoms in total. The van der Waals surface area contributed by atoms with E-state index in [9.17, 15) is 4.79 Å². The van der Waals surface area contributed by atoms with Crippen molar-refractivity contribution in [1.82, 2.24) is 20.9 Å². The lowest BCUT2D eigenvalue weighted by Gasteiger charge is -2.27. The second-order valence-electron chi connectivity index (χ2n) is 4.83. The number of ether oxygens (including phenoxy) is 2. The van der Waals surface area contributed by atoms with Crippen molar-refractivity contribution in [2.75, 3.05) is 60.0 Å². The molecular formula is C14H25N5O3. The predicted octanol–water partition coefficient (Wildman–Crippen LogP) is -1.38. The van der Waals surface area contributed by atoms with E-state index >= 15 is 0 Å². The molecule has 3 N–H and O–H groups in total. The number of methoxy groups -OCH3 is 2. The molecule has 1 saturated heterocycles. The van der Waals surface area contributed by atoms with Crippen molar-refractivity contribution in [3.8, 4) is 6.07 Å². The summed E-state index contributed by atoms with van der Waals surface area (Å²) in [6.07, 6.45) is 0.956. The van der Waals surface area contributed by atoms with Gasteiger partial charge >= 0.3 is 0 Å². The molecule has 1 aliphatic rings. The standard InChI is InChI=1S/C14H25N5O3/c1-21-13(22-2)11-17-10-12(9-15)14(20)18-5-8-19-6-3-16-4-7-19/h10,13,16-17H,3-8,11H2,1-2H3,(H,18,20)/b12-10-. The van der Waals surface area contributed by atoms with Crippen molar-refractivity contribution < 1.29 is 14.3 Å². The lowest BCUT2D eigenvalue weighted by Crippen LogP contribution is -2.46. The second kappa shape index (κ2) is 11.0. The number of nitriles is 1. The van der Waals surface area contributed by atoms with Gasteiger partial charge in [0, 0.05) is 59.7 Å². The highest BCUT2D eigenvalue weighted by atomic mass is 16.7. The zero-order chi connectivity index (χ0) is 16.2. The maximum absolute atomic E-state index is 11.9. The van der Waals surface area contributed by atoms with Gasteiger partial charge in [-0.25, -0.2) is 0 Å². The van der Waals surface area contributed by atoms with Crippen LogP contribution in [0.4, 0.5) is 0 Å². The van der Waals surface area contributed by atoms with Crippen molar-refractivity contribution in [2.45, 2.75) is 6.29 Å². The number of carbonyl (C=O) groups is 1. The SMILES string of the molecule is COC(CN/C=C(/C#N)C(=O)NCCN1CCNCC1)OC. The summed E-state index contributed by atoms with van der Waals surface area (Å²) in [6, 6.07) is 1.88. The summed E-state index contributed by atoms with van der Waals surface area (Å²) in [7, 11) is 3.04. The van der Waals surface area contributed by atoms with E-state index < -0.39 is 6.29 Å². The molecule has 1 amide bonds. The third kappa shape index (κ3) is 6.87. The fourth-order valence-electron chi connectivity index (χ4n) is 2.03. The molecule has 0 saturated carbocycles. The van der Waals surface area contributed by atoms with E-state index in [2.05, 4.69) is 20.9 Å². The first-order valence-corrected chi connectivity index (χ1v) is 7.31. The zero-order valence-corrected chi connectivity index (χ0v) is 13.2. The molecular weight excluding hydrogens is 286 g/mol. The van der Waals surface area contributed by atoms with Gasteiger partial charge < -0.3 is 25.4 Å². The highest BCUT2D eigenvalue weighted by Crippen LogP contribution is 1.94. The van der Waals surface area contributed by atoms with Crippen LogP contribution in [0.2, 0.25) is 0 Å². The van der Waals surface area contributed by atoms with Crippen LogP contribution >= 0.6 is 0 Å². The van der Waals surface area contributed by atoms with Crippen molar-refractivity contribution in [1.29, 1.82) is 5.26 Å². The number of nitrogens with one attached hydrogen (secondary N) is 3. The Hall–Kier alpha value is -1.66. The van der Waals surface area contributed by atoms with Crippen LogP contribution in [0.1, 0.15) is 0 Å². The van der Waals surface area contributed by atoms with Crippen LogP contribution in [-0.2, 0) is 14.3 Å². The third-order valence-electron chi connectivity index (χ3n) is 3.34. The molecule has 0 bridgehead atoms. The predicted molar refractivity (Wildman–Crippen MR) is 81.8 cm³/mol. The zero-order valence-electron chi connectivity index (χ0n) is 13.2. The smallest absolute Gasteiger partial charge is 0.263 e. The Labute approximate surface area is 131 Å². The van der Waals surface area contributed by atoms with E-state index in [0.717, 1.165) is 32.7 Å². The fourth-order valence-corrected chi connectivity index (χ4v) is 2.03. The molecule has 0 aliphatic carbocycles. The van der Waals surface area contributed by atoms with Gasteiger partial charge in [-0.1, -0.05) is 0 Å². The molecule has 22 heavy (non-hydrogen) atoms. The quantitative estimate of drug-likeness (QED) is 0.274. The maximum Gasteiger partial charge on any atom is 0.263 e. The molecule has 1 rings (SSSR count). The summed E-state index contributed by atoms with van der Waals surface area (Å²) in [4.78, 5) is 14.2. The van der Waals surface area contributed by atoms with Crippen LogP contribution in [0.25, 0.3) is 0 Å². The van der Waals surface area contributed by atoms with Crippen molar-refractivity contribution in [2.24, 2.45) is 0 Å². The highest BCUT2D eigenvalue weighted by molar-refractivity contribution is 5.97. The fraction of sp³-hybridized carbons (Fsp3) is 0.714. The summed E-state index contributed by atoms with van der Waals surface area (Å²) in [5, 5.41) is 17.9. The van der Waals surface area contributed by atoms with Gasteiger partial charge in [-0.2, -0.15) is 5.26 Å². The Morgan fingerprint density at radius 2 is 2.09 bits per heavy atom.